The third-order valence-electron chi connectivity index (χ3n) is 7.04. The van der Waals surface area contributed by atoms with E-state index in [1.807, 2.05) is 0 Å². The molecule has 3 fully saturated rings. The molecule has 122 valence electrons. The third-order valence-corrected chi connectivity index (χ3v) is 7.04. The van der Waals surface area contributed by atoms with Crippen molar-refractivity contribution in [1.82, 2.24) is 4.90 Å². The average Bonchev–Trinajstić information content (AvgIpc) is 2.47. The smallest absolute Gasteiger partial charge is 0.0690 e. The number of rotatable bonds is 3. The summed E-state index contributed by atoms with van der Waals surface area (Å²) in [5.74, 6) is 1.37. The Morgan fingerprint density at radius 2 is 1.86 bits per heavy atom. The Balaban J connectivity index is 1.70. The number of hydrogen-bond acceptors (Lipinski definition) is 3. The molecule has 0 spiro atoms. The highest BCUT2D eigenvalue weighted by atomic mass is 16.5. The highest BCUT2D eigenvalue weighted by Gasteiger charge is 2.66. The highest BCUT2D eigenvalue weighted by molar-refractivity contribution is 5.21. The van der Waals surface area contributed by atoms with Crippen LogP contribution in [-0.4, -0.2) is 42.8 Å². The van der Waals surface area contributed by atoms with E-state index < -0.39 is 0 Å². The van der Waals surface area contributed by atoms with E-state index in [-0.39, 0.29) is 11.0 Å². The molecule has 3 aliphatic rings. The SMILES string of the molecule is CC1CCCCC1N(C)CC1(N)C2CCCOC2C1(C)C. The predicted molar refractivity (Wildman–Crippen MR) is 87.2 cm³/mol. The normalized spacial score (nSPS) is 46.0. The van der Waals surface area contributed by atoms with Gasteiger partial charge in [0.05, 0.1) is 6.10 Å². The lowest BCUT2D eigenvalue weighted by Crippen LogP contribution is -2.80. The van der Waals surface area contributed by atoms with Gasteiger partial charge in [-0.3, -0.25) is 0 Å². The monoisotopic (exact) mass is 294 g/mol. The maximum absolute atomic E-state index is 6.97. The summed E-state index contributed by atoms with van der Waals surface area (Å²) in [6.45, 7) is 9.01. The van der Waals surface area contributed by atoms with E-state index in [2.05, 4.69) is 32.7 Å². The van der Waals surface area contributed by atoms with E-state index in [4.69, 9.17) is 10.5 Å². The highest BCUT2D eigenvalue weighted by Crippen LogP contribution is 2.57. The molecule has 5 unspecified atom stereocenters. The van der Waals surface area contributed by atoms with Crippen LogP contribution >= 0.6 is 0 Å². The summed E-state index contributed by atoms with van der Waals surface area (Å²) >= 11 is 0. The molecule has 1 heterocycles. The van der Waals surface area contributed by atoms with Crippen LogP contribution in [0, 0.1) is 17.3 Å². The second-order valence-electron chi connectivity index (χ2n) is 8.55. The van der Waals surface area contributed by atoms with Crippen molar-refractivity contribution in [3.05, 3.63) is 0 Å². The second kappa shape index (κ2) is 5.50. The zero-order valence-electron chi connectivity index (χ0n) is 14.4. The predicted octanol–water partition coefficient (Wildman–Crippen LogP) is 3.03. The first-order chi connectivity index (χ1) is 9.88. The molecule has 0 aromatic rings. The van der Waals surface area contributed by atoms with Gasteiger partial charge in [0, 0.05) is 36.1 Å². The van der Waals surface area contributed by atoms with Crippen LogP contribution in [0.3, 0.4) is 0 Å². The van der Waals surface area contributed by atoms with Crippen LogP contribution in [-0.2, 0) is 4.74 Å². The molecule has 0 radical (unpaired) electrons. The molecular weight excluding hydrogens is 260 g/mol. The summed E-state index contributed by atoms with van der Waals surface area (Å²) in [6, 6.07) is 0.721. The topological polar surface area (TPSA) is 38.5 Å². The minimum atomic E-state index is -0.0794. The van der Waals surface area contributed by atoms with Crippen LogP contribution in [0.4, 0.5) is 0 Å². The maximum atomic E-state index is 6.97. The molecule has 0 aromatic carbocycles. The van der Waals surface area contributed by atoms with Crippen molar-refractivity contribution in [3.8, 4) is 0 Å². The van der Waals surface area contributed by atoms with Crippen molar-refractivity contribution in [2.75, 3.05) is 20.2 Å². The largest absolute Gasteiger partial charge is 0.377 e. The van der Waals surface area contributed by atoms with E-state index >= 15 is 0 Å². The minimum absolute atomic E-state index is 0.0794. The number of nitrogens with zero attached hydrogens (tertiary/aromatic N) is 1. The molecule has 3 rings (SSSR count). The molecule has 5 atom stereocenters. The van der Waals surface area contributed by atoms with Crippen molar-refractivity contribution in [1.29, 1.82) is 0 Å². The van der Waals surface area contributed by atoms with Crippen LogP contribution in [0.5, 0.6) is 0 Å². The first-order valence-corrected chi connectivity index (χ1v) is 8.98. The number of likely N-dealkylation sites (N-methyl/N-ethyl adjacent to an activating group) is 1. The van der Waals surface area contributed by atoms with Gasteiger partial charge in [0.2, 0.25) is 0 Å². The van der Waals surface area contributed by atoms with Crippen LogP contribution < -0.4 is 5.73 Å². The van der Waals surface area contributed by atoms with E-state index in [1.165, 1.54) is 38.5 Å². The fourth-order valence-electron chi connectivity index (χ4n) is 5.47. The minimum Gasteiger partial charge on any atom is -0.377 e. The van der Waals surface area contributed by atoms with Gasteiger partial charge < -0.3 is 15.4 Å². The van der Waals surface area contributed by atoms with Gasteiger partial charge in [0.25, 0.3) is 0 Å². The summed E-state index contributed by atoms with van der Waals surface area (Å²) in [4.78, 5) is 2.58. The Morgan fingerprint density at radius 1 is 1.14 bits per heavy atom. The van der Waals surface area contributed by atoms with Gasteiger partial charge in [-0.05, 0) is 38.6 Å². The van der Waals surface area contributed by atoms with E-state index in [0.29, 0.717) is 12.0 Å². The second-order valence-corrected chi connectivity index (χ2v) is 8.55. The molecule has 1 saturated heterocycles. The van der Waals surface area contributed by atoms with Gasteiger partial charge in [-0.2, -0.15) is 0 Å². The Kier molecular flexibility index (Phi) is 4.13. The summed E-state index contributed by atoms with van der Waals surface area (Å²) < 4.78 is 6.04. The van der Waals surface area contributed by atoms with Gasteiger partial charge in [0.15, 0.2) is 0 Å². The number of hydrogen-bond donors (Lipinski definition) is 1. The first-order valence-electron chi connectivity index (χ1n) is 8.98. The molecule has 21 heavy (non-hydrogen) atoms. The molecule has 0 amide bonds. The molecule has 0 bridgehead atoms. The van der Waals surface area contributed by atoms with Crippen LogP contribution in [0.2, 0.25) is 0 Å². The van der Waals surface area contributed by atoms with Gasteiger partial charge >= 0.3 is 0 Å². The quantitative estimate of drug-likeness (QED) is 0.869. The van der Waals surface area contributed by atoms with E-state index in [1.54, 1.807) is 0 Å². The van der Waals surface area contributed by atoms with Gasteiger partial charge in [0.1, 0.15) is 0 Å². The Hall–Kier alpha value is -0.120. The van der Waals surface area contributed by atoms with E-state index in [0.717, 1.165) is 25.1 Å². The number of nitrogens with two attached hydrogens (primary N) is 1. The Bertz CT molecular complexity index is 383. The van der Waals surface area contributed by atoms with Crippen molar-refractivity contribution in [3.63, 3.8) is 0 Å². The van der Waals surface area contributed by atoms with Gasteiger partial charge in [-0.25, -0.2) is 0 Å². The van der Waals surface area contributed by atoms with Crippen LogP contribution in [0.1, 0.15) is 59.3 Å². The standard InChI is InChI=1S/C18H34N2O/c1-13-8-5-6-10-15(13)20(4)12-18(19)14-9-7-11-21-16(14)17(18,2)3/h13-16H,5-12,19H2,1-4H3. The molecule has 2 saturated carbocycles. The van der Waals surface area contributed by atoms with Crippen molar-refractivity contribution in [2.24, 2.45) is 23.0 Å². The average molecular weight is 294 g/mol. The molecule has 1 aliphatic heterocycles. The maximum Gasteiger partial charge on any atom is 0.0690 e. The van der Waals surface area contributed by atoms with Gasteiger partial charge in [-0.15, -0.1) is 0 Å². The first kappa shape index (κ1) is 15.8. The zero-order chi connectivity index (χ0) is 15.3. The lowest BCUT2D eigenvalue weighted by molar-refractivity contribution is -0.233. The van der Waals surface area contributed by atoms with Crippen molar-refractivity contribution >= 4 is 0 Å². The number of ether oxygens (including phenoxy) is 1. The van der Waals surface area contributed by atoms with Crippen molar-refractivity contribution < 1.29 is 4.74 Å². The molecular formula is C18H34N2O. The third kappa shape index (κ3) is 2.36. The Morgan fingerprint density at radius 3 is 2.57 bits per heavy atom. The lowest BCUT2D eigenvalue weighted by atomic mass is 9.46. The number of fused-ring (bicyclic) bond motifs is 1. The summed E-state index contributed by atoms with van der Waals surface area (Å²) in [5.41, 5.74) is 6.99. The lowest BCUT2D eigenvalue weighted by Gasteiger charge is -2.67. The molecule has 2 aliphatic carbocycles. The summed E-state index contributed by atoms with van der Waals surface area (Å²) in [5, 5.41) is 0. The molecule has 3 nitrogen and oxygen atoms in total. The summed E-state index contributed by atoms with van der Waals surface area (Å²) in [7, 11) is 2.30. The van der Waals surface area contributed by atoms with Gasteiger partial charge in [-0.1, -0.05) is 33.6 Å². The van der Waals surface area contributed by atoms with Crippen LogP contribution in [0.15, 0.2) is 0 Å². The van der Waals surface area contributed by atoms with Crippen molar-refractivity contribution in [2.45, 2.75) is 77.0 Å². The molecule has 3 heteroatoms. The molecule has 2 N–H and O–H groups in total. The van der Waals surface area contributed by atoms with E-state index in [9.17, 15) is 0 Å². The molecule has 0 aromatic heterocycles. The Labute approximate surface area is 130 Å². The fourth-order valence-corrected chi connectivity index (χ4v) is 5.47. The summed E-state index contributed by atoms with van der Waals surface area (Å²) in [6.07, 6.45) is 8.33. The van der Waals surface area contributed by atoms with Crippen LogP contribution in [0.25, 0.3) is 0 Å². The fraction of sp³-hybridized carbons (Fsp3) is 1.00. The zero-order valence-corrected chi connectivity index (χ0v) is 14.4.